The first-order chi connectivity index (χ1) is 15.4. The van der Waals surface area contributed by atoms with Crippen LogP contribution in [0.5, 0.6) is 11.5 Å². The first kappa shape index (κ1) is 22.4. The summed E-state index contributed by atoms with van der Waals surface area (Å²) in [4.78, 5) is 18.2. The highest BCUT2D eigenvalue weighted by molar-refractivity contribution is 7.80. The third-order valence-electron chi connectivity index (χ3n) is 4.87. The summed E-state index contributed by atoms with van der Waals surface area (Å²) in [7, 11) is 2.89. The predicted octanol–water partition coefficient (Wildman–Crippen LogP) is 4.91. The largest absolute Gasteiger partial charge is 0.497 e. The summed E-state index contributed by atoms with van der Waals surface area (Å²) in [6, 6.07) is 12.2. The van der Waals surface area contributed by atoms with E-state index >= 15 is 0 Å². The molecule has 1 aliphatic heterocycles. The average molecular weight is 493 g/mol. The zero-order chi connectivity index (χ0) is 22.8. The second-order valence-corrected chi connectivity index (χ2v) is 8.10. The van der Waals surface area contributed by atoms with E-state index in [4.69, 9.17) is 54.4 Å². The van der Waals surface area contributed by atoms with Crippen LogP contribution in [0.4, 0.5) is 5.69 Å². The number of thiocarbonyl (C=S) groups is 1. The van der Waals surface area contributed by atoms with Crippen molar-refractivity contribution in [3.05, 3.63) is 58.2 Å². The number of anilines is 1. The molecule has 4 rings (SSSR count). The minimum absolute atomic E-state index is 0.0797. The van der Waals surface area contributed by atoms with Gasteiger partial charge in [-0.3, -0.25) is 4.90 Å². The Hall–Kier alpha value is -2.81. The molecule has 0 aliphatic carbocycles. The number of hydrogen-bond donors (Lipinski definition) is 0. The van der Waals surface area contributed by atoms with E-state index < -0.39 is 5.97 Å². The van der Waals surface area contributed by atoms with Crippen LogP contribution in [0, 0.1) is 0 Å². The number of nitrogens with zero attached hydrogens (tertiary/aromatic N) is 2. The highest BCUT2D eigenvalue weighted by Crippen LogP contribution is 2.35. The lowest BCUT2D eigenvalue weighted by atomic mass is 10.1. The molecule has 2 aromatic carbocycles. The molecular weight excluding hydrogens is 475 g/mol. The quantitative estimate of drug-likeness (QED) is 0.355. The Morgan fingerprint density at radius 1 is 1.22 bits per heavy atom. The Morgan fingerprint density at radius 3 is 2.66 bits per heavy atom. The molecule has 3 aromatic rings. The molecule has 0 spiro atoms. The average Bonchev–Trinajstić information content (AvgIpc) is 3.16. The van der Waals surface area contributed by atoms with Gasteiger partial charge in [0.1, 0.15) is 18.1 Å². The van der Waals surface area contributed by atoms with E-state index in [-0.39, 0.29) is 18.4 Å². The van der Waals surface area contributed by atoms with Crippen LogP contribution < -0.4 is 14.4 Å². The lowest BCUT2D eigenvalue weighted by Gasteiger charge is -2.16. The van der Waals surface area contributed by atoms with E-state index in [2.05, 4.69) is 4.98 Å². The molecule has 0 N–H and O–H groups in total. The highest BCUT2D eigenvalue weighted by atomic mass is 35.5. The second-order valence-electron chi connectivity index (χ2n) is 6.90. The van der Waals surface area contributed by atoms with Crippen molar-refractivity contribution in [1.29, 1.82) is 0 Å². The fourth-order valence-electron chi connectivity index (χ4n) is 3.34. The first-order valence-electron chi connectivity index (χ1n) is 9.52. The fraction of sp³-hybridized carbons (Fsp3) is 0.227. The topological polar surface area (TPSA) is 70.1 Å². The van der Waals surface area contributed by atoms with Gasteiger partial charge in [-0.25, -0.2) is 9.78 Å². The summed E-state index contributed by atoms with van der Waals surface area (Å²) in [5.41, 5.74) is 1.39. The Kier molecular flexibility index (Phi) is 6.55. The van der Waals surface area contributed by atoms with Crippen molar-refractivity contribution in [2.75, 3.05) is 32.3 Å². The lowest BCUT2D eigenvalue weighted by Crippen LogP contribution is -2.26. The molecule has 166 valence electrons. The van der Waals surface area contributed by atoms with Crippen molar-refractivity contribution in [3.8, 4) is 11.5 Å². The van der Waals surface area contributed by atoms with Crippen molar-refractivity contribution in [2.45, 2.75) is 6.10 Å². The van der Waals surface area contributed by atoms with E-state index in [1.54, 1.807) is 19.2 Å². The molecule has 1 atom stereocenters. The Morgan fingerprint density at radius 2 is 1.97 bits per heavy atom. The number of fused-ring (bicyclic) bond motifs is 1. The fourth-order valence-corrected chi connectivity index (χ4v) is 4.23. The van der Waals surface area contributed by atoms with Crippen molar-refractivity contribution in [3.63, 3.8) is 0 Å². The zero-order valence-electron chi connectivity index (χ0n) is 17.1. The Balaban J connectivity index is 1.56. The Bertz CT molecular complexity index is 1190. The maximum Gasteiger partial charge on any atom is 0.356 e. The minimum atomic E-state index is -0.600. The van der Waals surface area contributed by atoms with Crippen LogP contribution in [0.2, 0.25) is 10.0 Å². The van der Waals surface area contributed by atoms with Gasteiger partial charge >= 0.3 is 5.97 Å². The minimum Gasteiger partial charge on any atom is -0.497 e. The number of halogens is 2. The summed E-state index contributed by atoms with van der Waals surface area (Å²) in [6.07, 6.45) is -0.333. The summed E-state index contributed by atoms with van der Waals surface area (Å²) in [5, 5.41) is 1.64. The van der Waals surface area contributed by atoms with Crippen molar-refractivity contribution in [1.82, 2.24) is 4.98 Å². The van der Waals surface area contributed by atoms with Crippen molar-refractivity contribution in [2.24, 2.45) is 0 Å². The molecule has 1 fully saturated rings. The molecule has 1 unspecified atom stereocenters. The van der Waals surface area contributed by atoms with Crippen LogP contribution in [-0.2, 0) is 9.47 Å². The highest BCUT2D eigenvalue weighted by Gasteiger charge is 2.30. The number of methoxy groups -OCH3 is 2. The number of benzene rings is 2. The maximum atomic E-state index is 12.1. The molecule has 7 nitrogen and oxygen atoms in total. The van der Waals surface area contributed by atoms with Crippen molar-refractivity contribution < 1.29 is 23.7 Å². The van der Waals surface area contributed by atoms with Crippen LogP contribution in [0.1, 0.15) is 10.5 Å². The van der Waals surface area contributed by atoms with E-state index in [1.165, 1.54) is 13.2 Å². The predicted molar refractivity (Wildman–Crippen MR) is 126 cm³/mol. The second kappa shape index (κ2) is 9.36. The van der Waals surface area contributed by atoms with Crippen molar-refractivity contribution >= 4 is 63.2 Å². The number of aromatic nitrogens is 1. The number of pyridine rings is 1. The van der Waals surface area contributed by atoms with E-state index in [1.807, 2.05) is 29.2 Å². The molecule has 0 amide bonds. The third-order valence-corrected chi connectivity index (χ3v) is 5.70. The summed E-state index contributed by atoms with van der Waals surface area (Å²) >= 11 is 17.9. The standard InChI is InChI=1S/C22H18Cl2N2O5S/c1-28-14-5-3-13(4-6-14)26-10-15(31-22(26)32)11-30-19-9-18(21(27)29-2)25-17-8-12(23)7-16(24)20(17)19/h3-9,15H,10-11H2,1-2H3. The number of carbonyl (C=O) groups excluding carboxylic acids is 1. The van der Waals surface area contributed by atoms with E-state index in [0.717, 1.165) is 11.4 Å². The van der Waals surface area contributed by atoms with Gasteiger partial charge in [0, 0.05) is 16.8 Å². The number of carbonyl (C=O) groups is 1. The zero-order valence-corrected chi connectivity index (χ0v) is 19.5. The van der Waals surface area contributed by atoms with Gasteiger partial charge in [0.05, 0.1) is 36.7 Å². The molecule has 10 heteroatoms. The normalized spacial score (nSPS) is 15.6. The van der Waals surface area contributed by atoms with Gasteiger partial charge < -0.3 is 18.9 Å². The molecule has 32 heavy (non-hydrogen) atoms. The number of hydrogen-bond acceptors (Lipinski definition) is 7. The molecule has 0 bridgehead atoms. The molecule has 0 saturated carbocycles. The van der Waals surface area contributed by atoms with Crippen LogP contribution >= 0.6 is 35.4 Å². The number of esters is 1. The first-order valence-corrected chi connectivity index (χ1v) is 10.7. The van der Waals surface area contributed by atoms with Gasteiger partial charge in [0.25, 0.3) is 5.17 Å². The third kappa shape index (κ3) is 4.53. The summed E-state index contributed by atoms with van der Waals surface area (Å²) < 4.78 is 21.8. The Labute approximate surface area is 199 Å². The molecule has 1 aromatic heterocycles. The van der Waals surface area contributed by atoms with Gasteiger partial charge in [-0.15, -0.1) is 0 Å². The van der Waals surface area contributed by atoms with Crippen LogP contribution in [0.15, 0.2) is 42.5 Å². The summed E-state index contributed by atoms with van der Waals surface area (Å²) in [5.74, 6) is 0.522. The van der Waals surface area contributed by atoms with Crippen LogP contribution in [0.3, 0.4) is 0 Å². The maximum absolute atomic E-state index is 12.1. The number of ether oxygens (including phenoxy) is 4. The smallest absolute Gasteiger partial charge is 0.356 e. The summed E-state index contributed by atoms with van der Waals surface area (Å²) in [6.45, 7) is 0.670. The lowest BCUT2D eigenvalue weighted by molar-refractivity contribution is 0.0594. The number of rotatable bonds is 6. The van der Waals surface area contributed by atoms with Crippen LogP contribution in [-0.4, -0.2) is 49.6 Å². The van der Waals surface area contributed by atoms with Gasteiger partial charge in [-0.1, -0.05) is 23.2 Å². The van der Waals surface area contributed by atoms with Gasteiger partial charge in [0.15, 0.2) is 11.8 Å². The monoisotopic (exact) mass is 492 g/mol. The van der Waals surface area contributed by atoms with E-state index in [9.17, 15) is 4.79 Å². The van der Waals surface area contributed by atoms with Gasteiger partial charge in [-0.05, 0) is 48.6 Å². The molecular formula is C22H18Cl2N2O5S. The molecule has 2 heterocycles. The van der Waals surface area contributed by atoms with E-state index in [0.29, 0.717) is 38.4 Å². The van der Waals surface area contributed by atoms with Gasteiger partial charge in [-0.2, -0.15) is 0 Å². The SMILES string of the molecule is COC(=O)c1cc(OCC2CN(c3ccc(OC)cc3)C(=S)O2)c2c(Cl)cc(Cl)cc2n1. The molecule has 1 aliphatic rings. The van der Waals surface area contributed by atoms with Crippen LogP contribution in [0.25, 0.3) is 10.9 Å². The molecule has 0 radical (unpaired) electrons. The molecule has 1 saturated heterocycles. The van der Waals surface area contributed by atoms with Gasteiger partial charge in [0.2, 0.25) is 0 Å².